The van der Waals surface area contributed by atoms with Crippen LogP contribution in [0.4, 0.5) is 0 Å². The molecule has 0 aromatic carbocycles. The van der Waals surface area contributed by atoms with Crippen molar-refractivity contribution in [1.29, 1.82) is 0 Å². The van der Waals surface area contributed by atoms with Crippen LogP contribution < -0.4 is 5.32 Å². The third-order valence-electron chi connectivity index (χ3n) is 3.41. The summed E-state index contributed by atoms with van der Waals surface area (Å²) in [7, 11) is 2.26. The first-order valence-corrected chi connectivity index (χ1v) is 5.20. The lowest BCUT2D eigenvalue weighted by atomic mass is 9.74. The zero-order chi connectivity index (χ0) is 8.44. The van der Waals surface area contributed by atoms with Crippen molar-refractivity contribution in [3.05, 3.63) is 0 Å². The molecule has 2 heterocycles. The molecular formula is C10H20N2. The average molecular weight is 168 g/mol. The minimum absolute atomic E-state index is 0.644. The molecule has 2 nitrogen and oxygen atoms in total. The molecule has 2 heteroatoms. The molecule has 0 bridgehead atoms. The molecule has 0 unspecified atom stereocenters. The fraction of sp³-hybridized carbons (Fsp3) is 1.00. The maximum absolute atomic E-state index is 3.54. The van der Waals surface area contributed by atoms with Crippen LogP contribution in [0.3, 0.4) is 0 Å². The van der Waals surface area contributed by atoms with E-state index < -0.39 is 0 Å². The van der Waals surface area contributed by atoms with Gasteiger partial charge in [0, 0.05) is 13.1 Å². The van der Waals surface area contributed by atoms with E-state index in [1.165, 1.54) is 51.9 Å². The summed E-state index contributed by atoms with van der Waals surface area (Å²) in [5.41, 5.74) is 0.644. The Kier molecular flexibility index (Phi) is 2.37. The Hall–Kier alpha value is -0.0800. The van der Waals surface area contributed by atoms with Crippen LogP contribution in [0.25, 0.3) is 0 Å². The van der Waals surface area contributed by atoms with Gasteiger partial charge in [0.15, 0.2) is 0 Å². The van der Waals surface area contributed by atoms with Gasteiger partial charge in [-0.15, -0.1) is 0 Å². The van der Waals surface area contributed by atoms with E-state index in [-0.39, 0.29) is 0 Å². The average Bonchev–Trinajstić information content (AvgIpc) is 2.05. The molecule has 0 aliphatic carbocycles. The molecule has 2 saturated heterocycles. The van der Waals surface area contributed by atoms with Gasteiger partial charge in [0.1, 0.15) is 0 Å². The zero-order valence-corrected chi connectivity index (χ0v) is 8.10. The highest BCUT2D eigenvalue weighted by molar-refractivity contribution is 4.90. The van der Waals surface area contributed by atoms with Crippen LogP contribution in [0, 0.1) is 5.41 Å². The number of rotatable bonds is 0. The summed E-state index contributed by atoms with van der Waals surface area (Å²) in [4.78, 5) is 2.50. The molecular weight excluding hydrogens is 148 g/mol. The minimum Gasteiger partial charge on any atom is -0.316 e. The third kappa shape index (κ3) is 1.64. The molecule has 0 aromatic rings. The van der Waals surface area contributed by atoms with Gasteiger partial charge < -0.3 is 10.2 Å². The van der Waals surface area contributed by atoms with Crippen molar-refractivity contribution in [3.63, 3.8) is 0 Å². The first-order valence-electron chi connectivity index (χ1n) is 5.20. The highest BCUT2D eigenvalue weighted by Crippen LogP contribution is 2.35. The van der Waals surface area contributed by atoms with Gasteiger partial charge in [-0.25, -0.2) is 0 Å². The van der Waals surface area contributed by atoms with Gasteiger partial charge in [-0.1, -0.05) is 0 Å². The first kappa shape index (κ1) is 8.52. The second-order valence-corrected chi connectivity index (χ2v) is 4.62. The monoisotopic (exact) mass is 168 g/mol. The maximum atomic E-state index is 3.54. The summed E-state index contributed by atoms with van der Waals surface area (Å²) < 4.78 is 0. The van der Waals surface area contributed by atoms with Crippen LogP contribution in [0.5, 0.6) is 0 Å². The smallest absolute Gasteiger partial charge is 0.00471 e. The quantitative estimate of drug-likeness (QED) is 0.582. The molecule has 2 rings (SSSR count). The van der Waals surface area contributed by atoms with E-state index in [2.05, 4.69) is 17.3 Å². The van der Waals surface area contributed by atoms with Crippen molar-refractivity contribution in [2.75, 3.05) is 33.2 Å². The van der Waals surface area contributed by atoms with Gasteiger partial charge in [0.2, 0.25) is 0 Å². The van der Waals surface area contributed by atoms with Crippen LogP contribution >= 0.6 is 0 Å². The lowest BCUT2D eigenvalue weighted by Crippen LogP contribution is -2.49. The molecule has 2 aliphatic rings. The van der Waals surface area contributed by atoms with Crippen molar-refractivity contribution in [1.82, 2.24) is 10.2 Å². The highest BCUT2D eigenvalue weighted by atomic mass is 15.1. The number of nitrogens with one attached hydrogen (secondary N) is 1. The van der Waals surface area contributed by atoms with Gasteiger partial charge in [-0.3, -0.25) is 0 Å². The molecule has 1 atom stereocenters. The van der Waals surface area contributed by atoms with Crippen molar-refractivity contribution < 1.29 is 0 Å². The first-order chi connectivity index (χ1) is 5.81. The second kappa shape index (κ2) is 3.35. The fourth-order valence-corrected chi connectivity index (χ4v) is 2.83. The molecule has 1 spiro atoms. The Bertz CT molecular complexity index is 144. The topological polar surface area (TPSA) is 15.3 Å². The van der Waals surface area contributed by atoms with E-state index >= 15 is 0 Å². The molecule has 2 fully saturated rings. The Morgan fingerprint density at radius 3 is 2.75 bits per heavy atom. The Balaban J connectivity index is 1.97. The number of hydrogen-bond donors (Lipinski definition) is 1. The normalized spacial score (nSPS) is 38.8. The lowest BCUT2D eigenvalue weighted by molar-refractivity contribution is 0.0810. The van der Waals surface area contributed by atoms with Crippen LogP contribution in [0.15, 0.2) is 0 Å². The fourth-order valence-electron chi connectivity index (χ4n) is 2.83. The number of piperidine rings is 2. The minimum atomic E-state index is 0.644. The molecule has 1 N–H and O–H groups in total. The summed E-state index contributed by atoms with van der Waals surface area (Å²) in [6.07, 6.45) is 5.68. The predicted molar refractivity (Wildman–Crippen MR) is 51.3 cm³/mol. The van der Waals surface area contributed by atoms with Crippen molar-refractivity contribution in [2.24, 2.45) is 5.41 Å². The van der Waals surface area contributed by atoms with Gasteiger partial charge in [0.05, 0.1) is 0 Å². The van der Waals surface area contributed by atoms with E-state index in [0.29, 0.717) is 5.41 Å². The van der Waals surface area contributed by atoms with E-state index in [9.17, 15) is 0 Å². The van der Waals surface area contributed by atoms with E-state index in [4.69, 9.17) is 0 Å². The number of hydrogen-bond acceptors (Lipinski definition) is 2. The van der Waals surface area contributed by atoms with E-state index in [1.807, 2.05) is 0 Å². The van der Waals surface area contributed by atoms with Crippen molar-refractivity contribution >= 4 is 0 Å². The van der Waals surface area contributed by atoms with Crippen LogP contribution in [0.1, 0.15) is 25.7 Å². The van der Waals surface area contributed by atoms with Crippen molar-refractivity contribution in [2.45, 2.75) is 25.7 Å². The lowest BCUT2D eigenvalue weighted by Gasteiger charge is -2.44. The van der Waals surface area contributed by atoms with Gasteiger partial charge >= 0.3 is 0 Å². The van der Waals surface area contributed by atoms with Crippen LogP contribution in [0.2, 0.25) is 0 Å². The van der Waals surface area contributed by atoms with E-state index in [1.54, 1.807) is 0 Å². The van der Waals surface area contributed by atoms with Crippen LogP contribution in [-0.2, 0) is 0 Å². The van der Waals surface area contributed by atoms with E-state index in [0.717, 1.165) is 0 Å². The standard InChI is InChI=1S/C10H20N2/c1-12-7-3-5-10(9-12)4-2-6-11-8-10/h11H,2-9H2,1H3/t10-/m0/s1. The number of nitrogens with zero attached hydrogens (tertiary/aromatic N) is 1. The molecule has 0 radical (unpaired) electrons. The Labute approximate surface area is 75.3 Å². The third-order valence-corrected chi connectivity index (χ3v) is 3.41. The SMILES string of the molecule is CN1CCC[C@]2(CCCNC2)C1. The summed E-state index contributed by atoms with van der Waals surface area (Å²) in [5.74, 6) is 0. The molecule has 70 valence electrons. The summed E-state index contributed by atoms with van der Waals surface area (Å²) in [6.45, 7) is 5.13. The summed E-state index contributed by atoms with van der Waals surface area (Å²) in [5, 5.41) is 3.54. The maximum Gasteiger partial charge on any atom is 0.00471 e. The number of likely N-dealkylation sites (tertiary alicyclic amines) is 1. The second-order valence-electron chi connectivity index (χ2n) is 4.62. The molecule has 0 aromatic heterocycles. The van der Waals surface area contributed by atoms with Crippen molar-refractivity contribution in [3.8, 4) is 0 Å². The Morgan fingerprint density at radius 2 is 2.08 bits per heavy atom. The van der Waals surface area contributed by atoms with Gasteiger partial charge in [0.25, 0.3) is 0 Å². The summed E-state index contributed by atoms with van der Waals surface area (Å²) >= 11 is 0. The molecule has 0 amide bonds. The van der Waals surface area contributed by atoms with Crippen LogP contribution in [-0.4, -0.2) is 38.1 Å². The molecule has 12 heavy (non-hydrogen) atoms. The van der Waals surface area contributed by atoms with Gasteiger partial charge in [-0.2, -0.15) is 0 Å². The molecule has 0 saturated carbocycles. The largest absolute Gasteiger partial charge is 0.316 e. The Morgan fingerprint density at radius 1 is 1.25 bits per heavy atom. The highest BCUT2D eigenvalue weighted by Gasteiger charge is 2.34. The predicted octanol–water partition coefficient (Wildman–Crippen LogP) is 1.08. The summed E-state index contributed by atoms with van der Waals surface area (Å²) in [6, 6.07) is 0. The zero-order valence-electron chi connectivity index (χ0n) is 8.10. The van der Waals surface area contributed by atoms with Gasteiger partial charge in [-0.05, 0) is 51.2 Å². The molecule has 2 aliphatic heterocycles.